The molecule has 0 bridgehead atoms. The van der Waals surface area contributed by atoms with Crippen molar-refractivity contribution in [3.05, 3.63) is 63.2 Å². The van der Waals surface area contributed by atoms with Gasteiger partial charge in [0, 0.05) is 28.7 Å². The number of anilines is 1. The molecule has 112 valence electrons. The van der Waals surface area contributed by atoms with Crippen molar-refractivity contribution in [3.63, 3.8) is 0 Å². The third kappa shape index (κ3) is 2.68. The molecule has 3 nitrogen and oxygen atoms in total. The zero-order valence-electron chi connectivity index (χ0n) is 11.5. The summed E-state index contributed by atoms with van der Waals surface area (Å²) in [5, 5.41) is 5.08. The summed E-state index contributed by atoms with van der Waals surface area (Å²) in [4.78, 5) is 12.5. The topological polar surface area (TPSA) is 34.0 Å². The lowest BCUT2D eigenvalue weighted by Gasteiger charge is -2.07. The van der Waals surface area contributed by atoms with Gasteiger partial charge in [-0.3, -0.25) is 4.79 Å². The van der Waals surface area contributed by atoms with Crippen LogP contribution < -0.4 is 5.32 Å². The van der Waals surface area contributed by atoms with Gasteiger partial charge >= 0.3 is 0 Å². The molecule has 1 N–H and O–H groups in total. The average Bonchev–Trinajstić information content (AvgIpc) is 2.82. The second-order valence-corrected chi connectivity index (χ2v) is 6.07. The highest BCUT2D eigenvalue weighted by Gasteiger charge is 2.15. The van der Waals surface area contributed by atoms with Crippen molar-refractivity contribution in [3.8, 4) is 0 Å². The zero-order valence-corrected chi connectivity index (χ0v) is 13.8. The van der Waals surface area contributed by atoms with Crippen LogP contribution in [0.25, 0.3) is 10.9 Å². The molecule has 6 heteroatoms. The van der Waals surface area contributed by atoms with Crippen LogP contribution in [0.3, 0.4) is 0 Å². The van der Waals surface area contributed by atoms with E-state index >= 15 is 0 Å². The van der Waals surface area contributed by atoms with E-state index in [1.165, 1.54) is 0 Å². The molecule has 0 saturated carbocycles. The highest BCUT2D eigenvalue weighted by molar-refractivity contribution is 6.42. The van der Waals surface area contributed by atoms with E-state index in [0.717, 1.165) is 10.9 Å². The van der Waals surface area contributed by atoms with Crippen LogP contribution in [0.5, 0.6) is 0 Å². The van der Waals surface area contributed by atoms with E-state index in [-0.39, 0.29) is 5.91 Å². The second-order valence-electron chi connectivity index (χ2n) is 4.84. The Hall–Kier alpha value is -1.68. The first-order valence-electron chi connectivity index (χ1n) is 6.47. The van der Waals surface area contributed by atoms with Crippen molar-refractivity contribution in [1.29, 1.82) is 0 Å². The van der Waals surface area contributed by atoms with E-state index in [1.54, 1.807) is 34.9 Å². The first-order valence-corrected chi connectivity index (χ1v) is 7.61. The molecule has 22 heavy (non-hydrogen) atoms. The largest absolute Gasteiger partial charge is 0.340 e. The first-order chi connectivity index (χ1) is 10.5. The molecular formula is C16H11Cl3N2O. The Morgan fingerprint density at radius 3 is 2.45 bits per heavy atom. The van der Waals surface area contributed by atoms with Crippen molar-refractivity contribution < 1.29 is 4.79 Å². The van der Waals surface area contributed by atoms with Crippen LogP contribution in [0.15, 0.2) is 42.5 Å². The van der Waals surface area contributed by atoms with Gasteiger partial charge in [0.25, 0.3) is 5.91 Å². The monoisotopic (exact) mass is 352 g/mol. The number of benzene rings is 2. The number of rotatable bonds is 2. The Kier molecular flexibility index (Phi) is 4.04. The van der Waals surface area contributed by atoms with E-state index < -0.39 is 0 Å². The van der Waals surface area contributed by atoms with E-state index in [2.05, 4.69) is 5.32 Å². The molecule has 0 fully saturated rings. The quantitative estimate of drug-likeness (QED) is 0.658. The summed E-state index contributed by atoms with van der Waals surface area (Å²) < 4.78 is 1.80. The number of fused-ring (bicyclic) bond motifs is 1. The lowest BCUT2D eigenvalue weighted by atomic mass is 10.2. The number of hydrogen-bond acceptors (Lipinski definition) is 1. The van der Waals surface area contributed by atoms with E-state index in [9.17, 15) is 4.79 Å². The maximum Gasteiger partial charge on any atom is 0.272 e. The predicted molar refractivity (Wildman–Crippen MR) is 92.3 cm³/mol. The third-order valence-corrected chi connectivity index (χ3v) is 4.51. The second kappa shape index (κ2) is 5.84. The van der Waals surface area contributed by atoms with Gasteiger partial charge in [0.1, 0.15) is 5.69 Å². The van der Waals surface area contributed by atoms with Crippen molar-refractivity contribution in [2.45, 2.75) is 0 Å². The molecule has 0 unspecified atom stereocenters. The Morgan fingerprint density at radius 1 is 1.00 bits per heavy atom. The van der Waals surface area contributed by atoms with Gasteiger partial charge in [-0.25, -0.2) is 0 Å². The van der Waals surface area contributed by atoms with E-state index in [1.807, 2.05) is 19.2 Å². The third-order valence-electron chi connectivity index (χ3n) is 3.44. The Labute approximate surface area is 142 Å². The predicted octanol–water partition coefficient (Wildman–Crippen LogP) is 5.39. The molecule has 0 aliphatic carbocycles. The number of amides is 1. The minimum absolute atomic E-state index is 0.242. The van der Waals surface area contributed by atoms with Crippen molar-refractivity contribution in [2.24, 2.45) is 7.05 Å². The van der Waals surface area contributed by atoms with Gasteiger partial charge in [-0.05, 0) is 36.4 Å². The van der Waals surface area contributed by atoms with Gasteiger partial charge in [-0.1, -0.05) is 40.9 Å². The van der Waals surface area contributed by atoms with Gasteiger partial charge in [-0.15, -0.1) is 0 Å². The van der Waals surface area contributed by atoms with Crippen LogP contribution >= 0.6 is 34.8 Å². The van der Waals surface area contributed by atoms with E-state index in [0.29, 0.717) is 26.4 Å². The molecular weight excluding hydrogens is 343 g/mol. The van der Waals surface area contributed by atoms with Crippen molar-refractivity contribution in [1.82, 2.24) is 4.57 Å². The molecule has 2 aromatic carbocycles. The molecule has 0 atom stereocenters. The fourth-order valence-corrected chi connectivity index (χ4v) is 2.83. The Morgan fingerprint density at radius 2 is 1.77 bits per heavy atom. The molecule has 3 rings (SSSR count). The standard InChI is InChI=1S/C16H11Cl3N2O/c1-21-14-4-2-3-11(17)10(14)8-15(21)16(22)20-9-5-6-12(18)13(19)7-9/h2-8H,1H3,(H,20,22). The maximum atomic E-state index is 12.5. The first kappa shape index (κ1) is 15.2. The minimum atomic E-state index is -0.242. The van der Waals surface area contributed by atoms with Gasteiger partial charge in [0.05, 0.1) is 10.0 Å². The van der Waals surface area contributed by atoms with Crippen LogP contribution in [0.2, 0.25) is 15.1 Å². The molecule has 0 spiro atoms. The number of carbonyl (C=O) groups excluding carboxylic acids is 1. The Balaban J connectivity index is 1.97. The van der Waals surface area contributed by atoms with Gasteiger partial charge in [0.2, 0.25) is 0 Å². The molecule has 1 heterocycles. The van der Waals surface area contributed by atoms with Gasteiger partial charge < -0.3 is 9.88 Å². The van der Waals surface area contributed by atoms with Crippen LogP contribution in [0.4, 0.5) is 5.69 Å². The van der Waals surface area contributed by atoms with Crippen LogP contribution in [-0.2, 0) is 7.05 Å². The summed E-state index contributed by atoms with van der Waals surface area (Å²) in [5.74, 6) is -0.242. The summed E-state index contributed by atoms with van der Waals surface area (Å²) in [5.41, 5.74) is 1.98. The Bertz CT molecular complexity index is 886. The fourth-order valence-electron chi connectivity index (χ4n) is 2.31. The number of halogens is 3. The normalized spacial score (nSPS) is 10.9. The van der Waals surface area contributed by atoms with E-state index in [4.69, 9.17) is 34.8 Å². The van der Waals surface area contributed by atoms with Gasteiger partial charge in [0.15, 0.2) is 0 Å². The summed E-state index contributed by atoms with van der Waals surface area (Å²) in [7, 11) is 1.82. The van der Waals surface area contributed by atoms with Crippen LogP contribution in [0.1, 0.15) is 10.5 Å². The van der Waals surface area contributed by atoms with Crippen molar-refractivity contribution >= 4 is 57.3 Å². The summed E-state index contributed by atoms with van der Waals surface area (Å²) in [6.45, 7) is 0. The number of hydrogen-bond donors (Lipinski definition) is 1. The zero-order chi connectivity index (χ0) is 15.9. The summed E-state index contributed by atoms with van der Waals surface area (Å²) in [6, 6.07) is 12.3. The smallest absolute Gasteiger partial charge is 0.272 e. The van der Waals surface area contributed by atoms with Crippen LogP contribution in [0, 0.1) is 0 Å². The number of carbonyl (C=O) groups is 1. The van der Waals surface area contributed by atoms with Crippen molar-refractivity contribution in [2.75, 3.05) is 5.32 Å². The molecule has 3 aromatic rings. The number of aromatic nitrogens is 1. The number of nitrogens with one attached hydrogen (secondary N) is 1. The number of nitrogens with zero attached hydrogens (tertiary/aromatic N) is 1. The maximum absolute atomic E-state index is 12.5. The molecule has 0 aliphatic rings. The van der Waals surface area contributed by atoms with Crippen LogP contribution in [-0.4, -0.2) is 10.5 Å². The average molecular weight is 354 g/mol. The van der Waals surface area contributed by atoms with Gasteiger partial charge in [-0.2, -0.15) is 0 Å². The molecule has 1 aromatic heterocycles. The fraction of sp³-hybridized carbons (Fsp3) is 0.0625. The lowest BCUT2D eigenvalue weighted by molar-refractivity contribution is 0.102. The summed E-state index contributed by atoms with van der Waals surface area (Å²) >= 11 is 18.0. The number of aryl methyl sites for hydroxylation is 1. The summed E-state index contributed by atoms with van der Waals surface area (Å²) in [6.07, 6.45) is 0. The highest BCUT2D eigenvalue weighted by Crippen LogP contribution is 2.28. The molecule has 0 radical (unpaired) electrons. The molecule has 0 aliphatic heterocycles. The SMILES string of the molecule is Cn1c(C(=O)Nc2ccc(Cl)c(Cl)c2)cc2c(Cl)cccc21. The molecule has 0 saturated heterocycles. The highest BCUT2D eigenvalue weighted by atomic mass is 35.5. The molecule has 1 amide bonds. The minimum Gasteiger partial charge on any atom is -0.340 e. The lowest BCUT2D eigenvalue weighted by Crippen LogP contribution is -2.15.